The number of benzene rings is 4. The summed E-state index contributed by atoms with van der Waals surface area (Å²) in [6.07, 6.45) is 0. The Kier molecular flexibility index (Phi) is 4.38. The molecule has 0 saturated heterocycles. The first-order valence-corrected chi connectivity index (χ1v) is 10.3. The van der Waals surface area contributed by atoms with Crippen LogP contribution in [0.5, 0.6) is 0 Å². The number of hydrogen-bond donors (Lipinski definition) is 1. The monoisotopic (exact) mass is 381 g/mol. The second kappa shape index (κ2) is 7.17. The van der Waals surface area contributed by atoms with E-state index >= 15 is 0 Å². The maximum absolute atomic E-state index is 13.4. The third-order valence-corrected chi connectivity index (χ3v) is 6.66. The lowest BCUT2D eigenvalue weighted by Crippen LogP contribution is -2.23. The highest BCUT2D eigenvalue weighted by atomic mass is 32.2. The van der Waals surface area contributed by atoms with Crippen molar-refractivity contribution in [1.29, 1.82) is 0 Å². The molecular weight excluding hydrogens is 362 g/mol. The lowest BCUT2D eigenvalue weighted by atomic mass is 9.88. The van der Waals surface area contributed by atoms with E-state index in [9.17, 15) is 4.79 Å². The molecule has 0 saturated carbocycles. The fourth-order valence-corrected chi connectivity index (χ4v) is 5.38. The maximum atomic E-state index is 13.4. The quantitative estimate of drug-likeness (QED) is 0.435. The Morgan fingerprint density at radius 1 is 0.714 bits per heavy atom. The highest BCUT2D eigenvalue weighted by molar-refractivity contribution is 7.99. The normalized spacial score (nSPS) is 18.9. The van der Waals surface area contributed by atoms with Crippen LogP contribution in [0.2, 0.25) is 0 Å². The maximum Gasteiger partial charge on any atom is 0.233 e. The summed E-state index contributed by atoms with van der Waals surface area (Å²) in [4.78, 5) is 14.5. The first-order chi connectivity index (χ1) is 13.8. The molecular formula is C25H19NOS. The van der Waals surface area contributed by atoms with Crippen LogP contribution in [0.15, 0.2) is 102 Å². The van der Waals surface area contributed by atoms with E-state index in [4.69, 9.17) is 0 Å². The number of nitrogens with one attached hydrogen (secondary N) is 1. The van der Waals surface area contributed by atoms with Gasteiger partial charge in [0.15, 0.2) is 0 Å². The van der Waals surface area contributed by atoms with Gasteiger partial charge in [0.25, 0.3) is 0 Å². The first kappa shape index (κ1) is 17.1. The molecule has 0 radical (unpaired) electrons. The van der Waals surface area contributed by atoms with Crippen molar-refractivity contribution in [2.45, 2.75) is 16.1 Å². The number of rotatable bonds is 2. The molecule has 3 heteroatoms. The summed E-state index contributed by atoms with van der Waals surface area (Å²) in [6, 6.07) is 33.0. The van der Waals surface area contributed by atoms with Crippen molar-refractivity contribution >= 4 is 34.1 Å². The van der Waals surface area contributed by atoms with E-state index in [1.54, 1.807) is 11.8 Å². The van der Waals surface area contributed by atoms with Gasteiger partial charge in [-0.2, -0.15) is 0 Å². The smallest absolute Gasteiger partial charge is 0.233 e. The zero-order valence-electron chi connectivity index (χ0n) is 15.2. The third-order valence-electron chi connectivity index (χ3n) is 5.27. The van der Waals surface area contributed by atoms with Crippen LogP contribution < -0.4 is 5.32 Å². The van der Waals surface area contributed by atoms with Gasteiger partial charge < -0.3 is 5.32 Å². The van der Waals surface area contributed by atoms with Crippen LogP contribution in [-0.2, 0) is 4.79 Å². The summed E-state index contributed by atoms with van der Waals surface area (Å²) in [5.74, 6) is -0.231. The van der Waals surface area contributed by atoms with Crippen LogP contribution in [0.25, 0.3) is 10.8 Å². The van der Waals surface area contributed by atoms with E-state index in [1.165, 1.54) is 16.3 Å². The Bertz CT molecular complexity index is 1150. The molecule has 136 valence electrons. The predicted molar refractivity (Wildman–Crippen MR) is 117 cm³/mol. The van der Waals surface area contributed by atoms with Crippen LogP contribution >= 0.6 is 11.8 Å². The summed E-state index contributed by atoms with van der Waals surface area (Å²) in [5.41, 5.74) is 3.13. The van der Waals surface area contributed by atoms with Gasteiger partial charge in [-0.15, -0.1) is 11.8 Å². The number of hydrogen-bond acceptors (Lipinski definition) is 2. The van der Waals surface area contributed by atoms with E-state index in [2.05, 4.69) is 66.0 Å². The number of anilines is 1. The van der Waals surface area contributed by atoms with Crippen molar-refractivity contribution < 1.29 is 4.79 Å². The average molecular weight is 382 g/mol. The van der Waals surface area contributed by atoms with Gasteiger partial charge in [-0.05, 0) is 34.0 Å². The van der Waals surface area contributed by atoms with E-state index < -0.39 is 0 Å². The minimum absolute atomic E-state index is 0.0165. The first-order valence-electron chi connectivity index (χ1n) is 9.40. The van der Waals surface area contributed by atoms with Gasteiger partial charge in [0.05, 0.1) is 16.9 Å². The molecule has 0 spiro atoms. The molecule has 4 aromatic carbocycles. The van der Waals surface area contributed by atoms with E-state index in [0.29, 0.717) is 0 Å². The molecule has 1 heterocycles. The minimum atomic E-state index is -0.274. The molecule has 1 aliphatic heterocycles. The van der Waals surface area contributed by atoms with Gasteiger partial charge in [0.2, 0.25) is 5.91 Å². The largest absolute Gasteiger partial charge is 0.324 e. The Balaban J connectivity index is 1.74. The second-order valence-electron chi connectivity index (χ2n) is 6.98. The molecule has 0 bridgehead atoms. The van der Waals surface area contributed by atoms with Crippen molar-refractivity contribution in [3.63, 3.8) is 0 Å². The summed E-state index contributed by atoms with van der Waals surface area (Å²) in [5, 5.41) is 5.55. The van der Waals surface area contributed by atoms with Crippen LogP contribution in [0.1, 0.15) is 22.3 Å². The summed E-state index contributed by atoms with van der Waals surface area (Å²) in [7, 11) is 0. The standard InChI is InChI=1S/C25H19NOS/c27-25-23(18-10-2-1-3-11-18)24(28-22-16-7-6-15-21(22)26-25)20-14-8-12-17-9-4-5-13-19(17)20/h1-16,23-24H,(H,26,27). The van der Waals surface area contributed by atoms with Crippen LogP contribution in [0.3, 0.4) is 0 Å². The molecule has 2 nitrogen and oxygen atoms in total. The van der Waals surface area contributed by atoms with Crippen LogP contribution in [0.4, 0.5) is 5.69 Å². The van der Waals surface area contributed by atoms with Gasteiger partial charge in [0.1, 0.15) is 0 Å². The highest BCUT2D eigenvalue weighted by Crippen LogP contribution is 2.51. The molecule has 0 aliphatic carbocycles. The number of amides is 1. The highest BCUT2D eigenvalue weighted by Gasteiger charge is 2.36. The van der Waals surface area contributed by atoms with Gasteiger partial charge in [-0.1, -0.05) is 84.9 Å². The fraction of sp³-hybridized carbons (Fsp3) is 0.0800. The SMILES string of the molecule is O=C1Nc2ccccc2SC(c2cccc3ccccc23)C1c1ccccc1. The summed E-state index contributed by atoms with van der Waals surface area (Å²) >= 11 is 1.77. The number of thioether (sulfide) groups is 1. The Hall–Kier alpha value is -3.04. The number of carbonyl (C=O) groups excluding carboxylic acids is 1. The topological polar surface area (TPSA) is 29.1 Å². The molecule has 5 rings (SSSR count). The van der Waals surface area contributed by atoms with Crippen LogP contribution in [-0.4, -0.2) is 5.91 Å². The molecule has 2 unspecified atom stereocenters. The number of carbonyl (C=O) groups is 1. The Morgan fingerprint density at radius 3 is 2.32 bits per heavy atom. The van der Waals surface area contributed by atoms with E-state index in [1.807, 2.05) is 36.4 Å². The summed E-state index contributed by atoms with van der Waals surface area (Å²) in [6.45, 7) is 0. The van der Waals surface area contributed by atoms with Gasteiger partial charge in [0, 0.05) is 4.90 Å². The van der Waals surface area contributed by atoms with Gasteiger partial charge >= 0.3 is 0 Å². The average Bonchev–Trinajstić information content (AvgIpc) is 2.89. The predicted octanol–water partition coefficient (Wildman–Crippen LogP) is 6.41. The van der Waals surface area contributed by atoms with Crippen molar-refractivity contribution in [1.82, 2.24) is 0 Å². The van der Waals surface area contributed by atoms with Crippen molar-refractivity contribution in [3.05, 3.63) is 108 Å². The lowest BCUT2D eigenvalue weighted by molar-refractivity contribution is -0.117. The number of para-hydroxylation sites is 1. The Morgan fingerprint density at radius 2 is 1.43 bits per heavy atom. The molecule has 1 N–H and O–H groups in total. The van der Waals surface area contributed by atoms with E-state index in [-0.39, 0.29) is 17.1 Å². The Labute approximate surface area is 168 Å². The zero-order chi connectivity index (χ0) is 18.9. The third kappa shape index (κ3) is 2.98. The molecule has 2 atom stereocenters. The molecule has 1 aliphatic rings. The number of fused-ring (bicyclic) bond motifs is 2. The summed E-state index contributed by atoms with van der Waals surface area (Å²) < 4.78 is 0. The minimum Gasteiger partial charge on any atom is -0.324 e. The van der Waals surface area contributed by atoms with Crippen molar-refractivity contribution in [3.8, 4) is 0 Å². The van der Waals surface area contributed by atoms with Gasteiger partial charge in [-0.25, -0.2) is 0 Å². The van der Waals surface area contributed by atoms with E-state index in [0.717, 1.165) is 16.1 Å². The zero-order valence-corrected chi connectivity index (χ0v) is 16.0. The molecule has 4 aromatic rings. The second-order valence-corrected chi connectivity index (χ2v) is 8.16. The molecule has 0 aromatic heterocycles. The molecule has 28 heavy (non-hydrogen) atoms. The van der Waals surface area contributed by atoms with Crippen molar-refractivity contribution in [2.75, 3.05) is 5.32 Å². The fourth-order valence-electron chi connectivity index (χ4n) is 3.95. The van der Waals surface area contributed by atoms with Crippen LogP contribution in [0, 0.1) is 0 Å². The van der Waals surface area contributed by atoms with Gasteiger partial charge in [-0.3, -0.25) is 4.79 Å². The lowest BCUT2D eigenvalue weighted by Gasteiger charge is -2.25. The molecule has 1 amide bonds. The van der Waals surface area contributed by atoms with Crippen molar-refractivity contribution in [2.24, 2.45) is 0 Å². The molecule has 0 fully saturated rings.